The molecule has 2 nitrogen and oxygen atoms in total. The van der Waals surface area contributed by atoms with Gasteiger partial charge in [0, 0.05) is 16.9 Å². The first-order valence-electron chi connectivity index (χ1n) is 6.97. The normalized spacial score (nSPS) is 12.6. The van der Waals surface area contributed by atoms with Gasteiger partial charge in [-0.3, -0.25) is 4.79 Å². The maximum absolute atomic E-state index is 12.4. The Balaban J connectivity index is 2.18. The summed E-state index contributed by atoms with van der Waals surface area (Å²) in [5.41, 5.74) is 0.726. The number of fused-ring (bicyclic) bond motifs is 1. The van der Waals surface area contributed by atoms with Gasteiger partial charge in [0.2, 0.25) is 0 Å². The van der Waals surface area contributed by atoms with Gasteiger partial charge in [-0.1, -0.05) is 60.1 Å². The van der Waals surface area contributed by atoms with Gasteiger partial charge >= 0.3 is 0 Å². The third-order valence-corrected chi connectivity index (χ3v) is 4.01. The highest BCUT2D eigenvalue weighted by molar-refractivity contribution is 9.09. The summed E-state index contributed by atoms with van der Waals surface area (Å²) in [7, 11) is 0. The first-order chi connectivity index (χ1) is 9.61. The lowest BCUT2D eigenvalue weighted by Gasteiger charge is -2.21. The molecular formula is C17H20BrNO. The standard InChI is InChI=1S/C17H20BrNO/c1-12(2)16(9-10-18)19-17(20)15-8-7-13-5-3-4-6-14(13)11-15/h3-8,11-12,16H,9-10H2,1-2H3,(H,19,20). The van der Waals surface area contributed by atoms with E-state index < -0.39 is 0 Å². The van der Waals surface area contributed by atoms with Crippen molar-refractivity contribution in [2.24, 2.45) is 5.92 Å². The lowest BCUT2D eigenvalue weighted by molar-refractivity contribution is 0.0925. The summed E-state index contributed by atoms with van der Waals surface area (Å²) in [6.45, 7) is 4.27. The van der Waals surface area contributed by atoms with Crippen LogP contribution in [-0.4, -0.2) is 17.3 Å². The third-order valence-electron chi connectivity index (χ3n) is 3.55. The maximum Gasteiger partial charge on any atom is 0.251 e. The number of halogens is 1. The lowest BCUT2D eigenvalue weighted by atomic mass is 10.0. The Kier molecular flexibility index (Phi) is 5.18. The topological polar surface area (TPSA) is 29.1 Å². The minimum absolute atomic E-state index is 0.00963. The van der Waals surface area contributed by atoms with Crippen molar-refractivity contribution in [3.8, 4) is 0 Å². The quantitative estimate of drug-likeness (QED) is 0.808. The van der Waals surface area contributed by atoms with Crippen molar-refractivity contribution in [1.82, 2.24) is 5.32 Å². The smallest absolute Gasteiger partial charge is 0.251 e. The van der Waals surface area contributed by atoms with Crippen LogP contribution in [0.3, 0.4) is 0 Å². The summed E-state index contributed by atoms with van der Waals surface area (Å²) < 4.78 is 0. The van der Waals surface area contributed by atoms with E-state index in [9.17, 15) is 4.79 Å². The van der Waals surface area contributed by atoms with Crippen LogP contribution in [-0.2, 0) is 0 Å². The summed E-state index contributed by atoms with van der Waals surface area (Å²) in [6, 6.07) is 14.1. The largest absolute Gasteiger partial charge is 0.349 e. The molecule has 0 spiro atoms. The second-order valence-electron chi connectivity index (χ2n) is 5.36. The molecule has 106 valence electrons. The Morgan fingerprint density at radius 3 is 2.50 bits per heavy atom. The van der Waals surface area contributed by atoms with E-state index >= 15 is 0 Å². The molecule has 0 saturated heterocycles. The van der Waals surface area contributed by atoms with Crippen LogP contribution in [0.15, 0.2) is 42.5 Å². The van der Waals surface area contributed by atoms with Crippen molar-refractivity contribution in [3.05, 3.63) is 48.0 Å². The maximum atomic E-state index is 12.4. The van der Waals surface area contributed by atoms with Crippen LogP contribution < -0.4 is 5.32 Å². The van der Waals surface area contributed by atoms with Crippen molar-refractivity contribution in [1.29, 1.82) is 0 Å². The fourth-order valence-electron chi connectivity index (χ4n) is 2.27. The van der Waals surface area contributed by atoms with Crippen molar-refractivity contribution in [2.45, 2.75) is 26.3 Å². The van der Waals surface area contributed by atoms with Crippen LogP contribution in [0.1, 0.15) is 30.6 Å². The second-order valence-corrected chi connectivity index (χ2v) is 6.16. The van der Waals surface area contributed by atoms with Crippen molar-refractivity contribution in [3.63, 3.8) is 0 Å². The van der Waals surface area contributed by atoms with E-state index in [0.29, 0.717) is 5.92 Å². The predicted octanol–water partition coefficient (Wildman–Crippen LogP) is 4.38. The molecule has 0 aromatic heterocycles. The number of hydrogen-bond donors (Lipinski definition) is 1. The van der Waals surface area contributed by atoms with Gasteiger partial charge in [0.15, 0.2) is 0 Å². The Hall–Kier alpha value is -1.35. The summed E-state index contributed by atoms with van der Waals surface area (Å²) in [6.07, 6.45) is 0.941. The van der Waals surface area contributed by atoms with Crippen molar-refractivity contribution < 1.29 is 4.79 Å². The van der Waals surface area contributed by atoms with Crippen LogP contribution >= 0.6 is 15.9 Å². The molecule has 3 heteroatoms. The highest BCUT2D eigenvalue weighted by Gasteiger charge is 2.16. The molecule has 0 saturated carbocycles. The van der Waals surface area contributed by atoms with Crippen LogP contribution in [0.4, 0.5) is 0 Å². The average molecular weight is 334 g/mol. The minimum atomic E-state index is 0.00963. The van der Waals surface area contributed by atoms with Gasteiger partial charge in [0.05, 0.1) is 0 Å². The van der Waals surface area contributed by atoms with Crippen LogP contribution in [0.25, 0.3) is 10.8 Å². The molecule has 2 aromatic carbocycles. The number of carbonyl (C=O) groups excluding carboxylic acids is 1. The van der Waals surface area contributed by atoms with Gasteiger partial charge in [0.25, 0.3) is 5.91 Å². The van der Waals surface area contributed by atoms with Crippen molar-refractivity contribution >= 4 is 32.6 Å². The minimum Gasteiger partial charge on any atom is -0.349 e. The molecule has 0 heterocycles. The molecule has 2 rings (SSSR count). The molecule has 1 amide bonds. The van der Waals surface area contributed by atoms with E-state index in [1.807, 2.05) is 36.4 Å². The molecule has 0 aliphatic rings. The van der Waals surface area contributed by atoms with Gasteiger partial charge in [-0.25, -0.2) is 0 Å². The van der Waals surface area contributed by atoms with Gasteiger partial charge < -0.3 is 5.32 Å². The second kappa shape index (κ2) is 6.89. The summed E-state index contributed by atoms with van der Waals surface area (Å²) >= 11 is 3.45. The number of benzene rings is 2. The first kappa shape index (κ1) is 15.0. The number of nitrogens with one attached hydrogen (secondary N) is 1. The zero-order chi connectivity index (χ0) is 14.5. The molecular weight excluding hydrogens is 314 g/mol. The lowest BCUT2D eigenvalue weighted by Crippen LogP contribution is -2.38. The van der Waals surface area contributed by atoms with E-state index in [-0.39, 0.29) is 11.9 Å². The summed E-state index contributed by atoms with van der Waals surface area (Å²) in [5, 5.41) is 6.28. The zero-order valence-electron chi connectivity index (χ0n) is 11.9. The van der Waals surface area contributed by atoms with Crippen molar-refractivity contribution in [2.75, 3.05) is 5.33 Å². The van der Waals surface area contributed by atoms with Crippen LogP contribution in [0.2, 0.25) is 0 Å². The van der Waals surface area contributed by atoms with E-state index in [2.05, 4.69) is 41.2 Å². The third kappa shape index (κ3) is 3.60. The van der Waals surface area contributed by atoms with E-state index in [4.69, 9.17) is 0 Å². The first-order valence-corrected chi connectivity index (χ1v) is 8.09. The highest BCUT2D eigenvalue weighted by atomic mass is 79.9. The van der Waals surface area contributed by atoms with Crippen LogP contribution in [0, 0.1) is 5.92 Å². The molecule has 20 heavy (non-hydrogen) atoms. The monoisotopic (exact) mass is 333 g/mol. The molecule has 1 N–H and O–H groups in total. The van der Waals surface area contributed by atoms with Gasteiger partial charge in [-0.05, 0) is 35.2 Å². The Bertz CT molecular complexity index is 594. The highest BCUT2D eigenvalue weighted by Crippen LogP contribution is 2.16. The number of carbonyl (C=O) groups is 1. The molecule has 1 unspecified atom stereocenters. The molecule has 0 radical (unpaired) electrons. The SMILES string of the molecule is CC(C)C(CCBr)NC(=O)c1ccc2ccccc2c1. The van der Waals surface area contributed by atoms with Crippen LogP contribution in [0.5, 0.6) is 0 Å². The predicted molar refractivity (Wildman–Crippen MR) is 88.5 cm³/mol. The summed E-state index contributed by atoms with van der Waals surface area (Å²) in [5.74, 6) is 0.437. The molecule has 0 aliphatic heterocycles. The Morgan fingerprint density at radius 2 is 1.85 bits per heavy atom. The number of rotatable bonds is 5. The van der Waals surface area contributed by atoms with Gasteiger partial charge in [-0.15, -0.1) is 0 Å². The molecule has 0 aliphatic carbocycles. The van der Waals surface area contributed by atoms with E-state index in [1.165, 1.54) is 0 Å². The molecule has 1 atom stereocenters. The fourth-order valence-corrected chi connectivity index (χ4v) is 2.77. The number of hydrogen-bond acceptors (Lipinski definition) is 1. The zero-order valence-corrected chi connectivity index (χ0v) is 13.5. The van der Waals surface area contributed by atoms with E-state index in [1.54, 1.807) is 0 Å². The van der Waals surface area contributed by atoms with E-state index in [0.717, 1.165) is 28.1 Å². The molecule has 0 bridgehead atoms. The molecule has 2 aromatic rings. The molecule has 0 fully saturated rings. The number of alkyl halides is 1. The number of amides is 1. The Labute approximate surface area is 128 Å². The van der Waals surface area contributed by atoms with Gasteiger partial charge in [-0.2, -0.15) is 0 Å². The Morgan fingerprint density at radius 1 is 1.15 bits per heavy atom. The average Bonchev–Trinajstić information content (AvgIpc) is 2.46. The summed E-state index contributed by atoms with van der Waals surface area (Å²) in [4.78, 5) is 12.4. The fraction of sp³-hybridized carbons (Fsp3) is 0.353. The van der Waals surface area contributed by atoms with Gasteiger partial charge in [0.1, 0.15) is 0 Å².